The van der Waals surface area contributed by atoms with Crippen LogP contribution in [0.2, 0.25) is 0 Å². The van der Waals surface area contributed by atoms with Crippen LogP contribution in [-0.2, 0) is 27.2 Å². The maximum absolute atomic E-state index is 13.4. The molecule has 1 N–H and O–H groups in total. The Morgan fingerprint density at radius 3 is 2.34 bits per heavy atom. The van der Waals surface area contributed by atoms with Crippen LogP contribution in [0.1, 0.15) is 66.8 Å². The van der Waals surface area contributed by atoms with Gasteiger partial charge in [-0.25, -0.2) is 4.79 Å². The normalized spacial score (nSPS) is 17.1. The number of aryl methyl sites for hydroxylation is 2. The van der Waals surface area contributed by atoms with E-state index in [0.29, 0.717) is 17.9 Å². The summed E-state index contributed by atoms with van der Waals surface area (Å²) in [5, 5.41) is 3.19. The van der Waals surface area contributed by atoms with Gasteiger partial charge in [-0.05, 0) is 62.3 Å². The fraction of sp³-hybridized carbons (Fsp3) is 0.429. The van der Waals surface area contributed by atoms with Gasteiger partial charge in [0.15, 0.2) is 0 Å². The zero-order chi connectivity index (χ0) is 22.7. The minimum absolute atomic E-state index is 0.104. The molecule has 2 aliphatic rings. The third kappa shape index (κ3) is 4.23. The first-order valence-corrected chi connectivity index (χ1v) is 11.8. The van der Waals surface area contributed by atoms with Crippen LogP contribution in [0.4, 0.5) is 0 Å². The summed E-state index contributed by atoms with van der Waals surface area (Å²) < 4.78 is 5.58. The maximum atomic E-state index is 13.4. The molecular weight excluding hydrogens is 398 g/mol. The quantitative estimate of drug-likeness (QED) is 0.641. The van der Waals surface area contributed by atoms with Crippen molar-refractivity contribution in [3.63, 3.8) is 0 Å². The van der Waals surface area contributed by atoms with Gasteiger partial charge in [0.05, 0.1) is 24.3 Å². The number of rotatable bonds is 5. The minimum Gasteiger partial charge on any atom is -0.463 e. The molecule has 2 aromatic carbocycles. The maximum Gasteiger partial charge on any atom is 0.336 e. The van der Waals surface area contributed by atoms with Crippen molar-refractivity contribution in [2.24, 2.45) is 5.41 Å². The van der Waals surface area contributed by atoms with Crippen LogP contribution in [0, 0.1) is 19.3 Å². The van der Waals surface area contributed by atoms with E-state index in [1.54, 1.807) is 0 Å². The Bertz CT molecular complexity index is 1050. The highest BCUT2D eigenvalue weighted by Crippen LogP contribution is 2.52. The van der Waals surface area contributed by atoms with Gasteiger partial charge in [0, 0.05) is 11.0 Å². The van der Waals surface area contributed by atoms with Crippen molar-refractivity contribution in [2.75, 3.05) is 6.61 Å². The molecule has 32 heavy (non-hydrogen) atoms. The first-order chi connectivity index (χ1) is 15.4. The molecule has 4 rings (SSSR count). The van der Waals surface area contributed by atoms with Crippen LogP contribution >= 0.6 is 0 Å². The molecule has 2 aliphatic carbocycles. The van der Waals surface area contributed by atoms with Crippen molar-refractivity contribution in [2.45, 2.75) is 65.7 Å². The highest BCUT2D eigenvalue weighted by molar-refractivity contribution is 6.04. The topological polar surface area (TPSA) is 55.4 Å². The van der Waals surface area contributed by atoms with Gasteiger partial charge in [-0.2, -0.15) is 0 Å². The molecule has 4 heteroatoms. The number of amides is 1. The van der Waals surface area contributed by atoms with Crippen LogP contribution in [0.25, 0.3) is 5.70 Å². The van der Waals surface area contributed by atoms with E-state index in [1.165, 1.54) is 17.5 Å². The Morgan fingerprint density at radius 1 is 0.969 bits per heavy atom. The molecule has 0 aromatic heterocycles. The van der Waals surface area contributed by atoms with Crippen LogP contribution in [-0.4, -0.2) is 18.5 Å². The van der Waals surface area contributed by atoms with Gasteiger partial charge in [-0.15, -0.1) is 0 Å². The second kappa shape index (κ2) is 9.32. The predicted octanol–water partition coefficient (Wildman–Crippen LogP) is 5.44. The van der Waals surface area contributed by atoms with Crippen LogP contribution in [0.15, 0.2) is 48.0 Å². The predicted molar refractivity (Wildman–Crippen MR) is 127 cm³/mol. The molecule has 4 nitrogen and oxygen atoms in total. The summed E-state index contributed by atoms with van der Waals surface area (Å²) >= 11 is 0. The molecule has 1 amide bonds. The third-order valence-electron chi connectivity index (χ3n) is 7.06. The lowest BCUT2D eigenvalue weighted by Gasteiger charge is -2.44. The first-order valence-electron chi connectivity index (χ1n) is 11.8. The molecular formula is C28H33NO3. The summed E-state index contributed by atoms with van der Waals surface area (Å²) in [5.41, 5.74) is 6.59. The Labute approximate surface area is 191 Å². The standard InChI is InChI=1S/C28H33NO3/c1-4-32-27(31)25-26(29-23(30)17-21-11-7-5-8-12-21)24-20(3)14-13-19(2)22(24)18-28(25)15-9-6-10-16-28/h5,7-8,11-14H,4,6,9-10,15-18H2,1-3H3,(H,29,30). The van der Waals surface area contributed by atoms with Crippen molar-refractivity contribution in [3.05, 3.63) is 75.9 Å². The molecule has 1 fully saturated rings. The van der Waals surface area contributed by atoms with Crippen molar-refractivity contribution in [1.29, 1.82) is 0 Å². The summed E-state index contributed by atoms with van der Waals surface area (Å²) in [6.45, 7) is 6.35. The van der Waals surface area contributed by atoms with Crippen molar-refractivity contribution in [1.82, 2.24) is 5.32 Å². The second-order valence-corrected chi connectivity index (χ2v) is 9.25. The Morgan fingerprint density at radius 2 is 1.66 bits per heavy atom. The zero-order valence-corrected chi connectivity index (χ0v) is 19.4. The van der Waals surface area contributed by atoms with Crippen molar-refractivity contribution >= 4 is 17.6 Å². The van der Waals surface area contributed by atoms with Gasteiger partial charge in [0.2, 0.25) is 5.91 Å². The smallest absolute Gasteiger partial charge is 0.336 e. The summed E-state index contributed by atoms with van der Waals surface area (Å²) in [5.74, 6) is -0.385. The summed E-state index contributed by atoms with van der Waals surface area (Å²) in [7, 11) is 0. The molecule has 1 saturated carbocycles. The monoisotopic (exact) mass is 431 g/mol. The fourth-order valence-electron chi connectivity index (χ4n) is 5.53. The van der Waals surface area contributed by atoms with E-state index < -0.39 is 0 Å². The van der Waals surface area contributed by atoms with Crippen molar-refractivity contribution < 1.29 is 14.3 Å². The van der Waals surface area contributed by atoms with Gasteiger partial charge in [-0.1, -0.05) is 61.7 Å². The summed E-state index contributed by atoms with van der Waals surface area (Å²) in [6.07, 6.45) is 6.38. The molecule has 2 aromatic rings. The summed E-state index contributed by atoms with van der Waals surface area (Å²) in [4.78, 5) is 26.6. The highest BCUT2D eigenvalue weighted by Gasteiger charge is 2.46. The number of carbonyl (C=O) groups is 2. The number of benzene rings is 2. The van der Waals surface area contributed by atoms with Gasteiger partial charge >= 0.3 is 5.97 Å². The number of carbonyl (C=O) groups excluding carboxylic acids is 2. The highest BCUT2D eigenvalue weighted by atomic mass is 16.5. The number of nitrogens with one attached hydrogen (secondary N) is 1. The minimum atomic E-state index is -0.282. The van der Waals surface area contributed by atoms with E-state index in [9.17, 15) is 9.59 Å². The van der Waals surface area contributed by atoms with E-state index in [0.717, 1.165) is 48.8 Å². The second-order valence-electron chi connectivity index (χ2n) is 9.25. The molecule has 0 radical (unpaired) electrons. The Hall–Kier alpha value is -2.88. The van der Waals surface area contributed by atoms with E-state index in [1.807, 2.05) is 37.3 Å². The SMILES string of the molecule is CCOC(=O)C1=C(NC(=O)Cc2ccccc2)c2c(C)ccc(C)c2CC12CCCCC2. The molecule has 1 spiro atoms. The van der Waals surface area contributed by atoms with E-state index in [-0.39, 0.29) is 23.7 Å². The molecule has 168 valence electrons. The number of ether oxygens (including phenoxy) is 1. The Kier molecular flexibility index (Phi) is 6.50. The van der Waals surface area contributed by atoms with Crippen LogP contribution in [0.3, 0.4) is 0 Å². The number of hydrogen-bond donors (Lipinski definition) is 1. The number of hydrogen-bond acceptors (Lipinski definition) is 3. The first kappa shape index (κ1) is 22.3. The lowest BCUT2D eigenvalue weighted by molar-refractivity contribution is -0.140. The molecule has 0 aliphatic heterocycles. The molecule has 0 bridgehead atoms. The average Bonchev–Trinajstić information content (AvgIpc) is 2.77. The van der Waals surface area contributed by atoms with Gasteiger partial charge in [0.25, 0.3) is 0 Å². The summed E-state index contributed by atoms with van der Waals surface area (Å²) in [6, 6.07) is 14.0. The molecule has 0 unspecified atom stereocenters. The number of fused-ring (bicyclic) bond motifs is 1. The lowest BCUT2D eigenvalue weighted by atomic mass is 9.61. The fourth-order valence-corrected chi connectivity index (χ4v) is 5.53. The van der Waals surface area contributed by atoms with Gasteiger partial charge in [0.1, 0.15) is 0 Å². The average molecular weight is 432 g/mol. The van der Waals surface area contributed by atoms with Crippen LogP contribution in [0.5, 0.6) is 0 Å². The van der Waals surface area contributed by atoms with Crippen LogP contribution < -0.4 is 5.32 Å². The largest absolute Gasteiger partial charge is 0.463 e. The molecule has 0 saturated heterocycles. The van der Waals surface area contributed by atoms with E-state index in [4.69, 9.17) is 4.74 Å². The van der Waals surface area contributed by atoms with E-state index in [2.05, 4.69) is 31.3 Å². The third-order valence-corrected chi connectivity index (χ3v) is 7.06. The molecule has 0 heterocycles. The molecule has 0 atom stereocenters. The van der Waals surface area contributed by atoms with E-state index >= 15 is 0 Å². The van der Waals surface area contributed by atoms with Gasteiger partial charge in [-0.3, -0.25) is 4.79 Å². The van der Waals surface area contributed by atoms with Gasteiger partial charge < -0.3 is 10.1 Å². The zero-order valence-electron chi connectivity index (χ0n) is 19.4. The lowest BCUT2D eigenvalue weighted by Crippen LogP contribution is -2.41. The number of esters is 1. The van der Waals surface area contributed by atoms with Crippen molar-refractivity contribution in [3.8, 4) is 0 Å². The Balaban J connectivity index is 1.86.